The number of carbonyl (C=O) groups excluding carboxylic acids is 2. The van der Waals surface area contributed by atoms with Crippen molar-refractivity contribution in [2.75, 3.05) is 6.61 Å². The third-order valence-corrected chi connectivity index (χ3v) is 7.96. The summed E-state index contributed by atoms with van der Waals surface area (Å²) in [5.74, 6) is -0.586. The summed E-state index contributed by atoms with van der Waals surface area (Å²) in [5, 5.41) is 3.20. The van der Waals surface area contributed by atoms with Crippen molar-refractivity contribution in [2.45, 2.75) is 57.7 Å². The van der Waals surface area contributed by atoms with Gasteiger partial charge in [-0.15, -0.1) is 0 Å². The lowest BCUT2D eigenvalue weighted by molar-refractivity contribution is -0.127. The second-order valence-corrected chi connectivity index (χ2v) is 10.7. The molecule has 1 fully saturated rings. The molecule has 0 bridgehead atoms. The fourth-order valence-electron chi connectivity index (χ4n) is 4.51. The summed E-state index contributed by atoms with van der Waals surface area (Å²) < 4.78 is 23.5. The Hall–Kier alpha value is -2.68. The van der Waals surface area contributed by atoms with Crippen molar-refractivity contribution >= 4 is 46.5 Å². The van der Waals surface area contributed by atoms with E-state index in [4.69, 9.17) is 27.9 Å². The van der Waals surface area contributed by atoms with Crippen molar-refractivity contribution in [3.63, 3.8) is 0 Å². The minimum absolute atomic E-state index is 0.0276. The van der Waals surface area contributed by atoms with Crippen LogP contribution < -0.4 is 10.1 Å². The van der Waals surface area contributed by atoms with Crippen molar-refractivity contribution < 1.29 is 18.7 Å². The maximum atomic E-state index is 13.9. The van der Waals surface area contributed by atoms with Crippen LogP contribution in [-0.2, 0) is 11.3 Å². The Balaban J connectivity index is 1.76. The number of ether oxygens (including phenoxy) is 1. The van der Waals surface area contributed by atoms with Crippen molar-refractivity contribution in [3.05, 3.63) is 80.5 Å². The average molecular weight is 565 g/mol. The van der Waals surface area contributed by atoms with E-state index in [1.165, 1.54) is 17.0 Å². The molecule has 1 aliphatic carbocycles. The molecule has 0 saturated heterocycles. The van der Waals surface area contributed by atoms with Gasteiger partial charge in [0.2, 0.25) is 5.91 Å². The lowest BCUT2D eigenvalue weighted by Crippen LogP contribution is -2.47. The third kappa shape index (κ3) is 6.80. The zero-order valence-corrected chi connectivity index (χ0v) is 22.7. The van der Waals surface area contributed by atoms with Crippen LogP contribution in [0, 0.1) is 5.82 Å². The number of nitrogens with zero attached hydrogens (tertiary/aromatic N) is 2. The first-order valence-corrected chi connectivity index (χ1v) is 13.8. The van der Waals surface area contributed by atoms with Gasteiger partial charge in [-0.25, -0.2) is 4.39 Å². The number of halogens is 3. The fourth-order valence-corrected chi connectivity index (χ4v) is 5.50. The number of rotatable bonds is 9. The topological polar surface area (TPSA) is 71.5 Å². The van der Waals surface area contributed by atoms with Crippen molar-refractivity contribution in [1.82, 2.24) is 14.6 Å². The molecule has 1 heterocycles. The normalized spacial score (nSPS) is 14.7. The molecule has 0 spiro atoms. The molecule has 2 amide bonds. The summed E-state index contributed by atoms with van der Waals surface area (Å²) in [4.78, 5) is 29.2. The van der Waals surface area contributed by atoms with E-state index in [2.05, 4.69) is 9.69 Å². The van der Waals surface area contributed by atoms with Crippen LogP contribution in [0.2, 0.25) is 9.36 Å². The Bertz CT molecular complexity index is 1210. The lowest BCUT2D eigenvalue weighted by atomic mass is 9.94. The predicted molar refractivity (Wildman–Crippen MR) is 144 cm³/mol. The quantitative estimate of drug-likeness (QED) is 0.310. The molecule has 1 N–H and O–H groups in total. The predicted octanol–water partition coefficient (Wildman–Crippen LogP) is 6.82. The molecule has 1 saturated carbocycles. The molecule has 10 heteroatoms. The second-order valence-electron chi connectivity index (χ2n) is 8.93. The molecule has 37 heavy (non-hydrogen) atoms. The molecular formula is C27H28Cl2FN3O3S. The first-order chi connectivity index (χ1) is 17.9. The minimum atomic E-state index is -0.994. The summed E-state index contributed by atoms with van der Waals surface area (Å²) in [6.45, 7) is 2.42. The van der Waals surface area contributed by atoms with E-state index in [1.54, 1.807) is 36.4 Å². The summed E-state index contributed by atoms with van der Waals surface area (Å²) in [6.07, 6.45) is 5.02. The smallest absolute Gasteiger partial charge is 0.276 e. The number of carbonyl (C=O) groups is 2. The number of amides is 2. The van der Waals surface area contributed by atoms with Gasteiger partial charge in [0.05, 0.1) is 6.61 Å². The molecule has 2 aromatic carbocycles. The van der Waals surface area contributed by atoms with Crippen LogP contribution in [0.4, 0.5) is 4.39 Å². The molecule has 1 aliphatic rings. The highest BCUT2D eigenvalue weighted by Crippen LogP contribution is 2.34. The van der Waals surface area contributed by atoms with Gasteiger partial charge in [-0.2, -0.15) is 4.37 Å². The van der Waals surface area contributed by atoms with Gasteiger partial charge in [0, 0.05) is 12.6 Å². The van der Waals surface area contributed by atoms with Gasteiger partial charge in [0.25, 0.3) is 5.91 Å². The Morgan fingerprint density at radius 2 is 1.78 bits per heavy atom. The van der Waals surface area contributed by atoms with Gasteiger partial charge >= 0.3 is 0 Å². The van der Waals surface area contributed by atoms with Crippen LogP contribution in [-0.4, -0.2) is 33.7 Å². The van der Waals surface area contributed by atoms with Crippen LogP contribution in [0.1, 0.15) is 66.7 Å². The van der Waals surface area contributed by atoms with Crippen LogP contribution in [0.5, 0.6) is 5.75 Å². The van der Waals surface area contributed by atoms with E-state index in [9.17, 15) is 14.0 Å². The van der Waals surface area contributed by atoms with Gasteiger partial charge < -0.3 is 15.0 Å². The molecule has 0 unspecified atom stereocenters. The summed E-state index contributed by atoms with van der Waals surface area (Å²) in [7, 11) is 0. The molecule has 3 aromatic rings. The Morgan fingerprint density at radius 3 is 2.38 bits per heavy atom. The zero-order valence-electron chi connectivity index (χ0n) is 20.4. The average Bonchev–Trinajstić information content (AvgIpc) is 3.24. The van der Waals surface area contributed by atoms with Crippen molar-refractivity contribution in [2.24, 2.45) is 0 Å². The third-order valence-electron chi connectivity index (χ3n) is 6.35. The number of aromatic nitrogens is 1. The Morgan fingerprint density at radius 1 is 1.11 bits per heavy atom. The molecule has 196 valence electrons. The number of hydrogen-bond acceptors (Lipinski definition) is 5. The van der Waals surface area contributed by atoms with Crippen molar-refractivity contribution in [3.8, 4) is 5.75 Å². The maximum absolute atomic E-state index is 13.9. The van der Waals surface area contributed by atoms with E-state index >= 15 is 0 Å². The van der Waals surface area contributed by atoms with Gasteiger partial charge in [0.1, 0.15) is 27.0 Å². The first-order valence-electron chi connectivity index (χ1n) is 12.3. The molecule has 0 aliphatic heterocycles. The van der Waals surface area contributed by atoms with Gasteiger partial charge in [-0.05, 0) is 66.7 Å². The summed E-state index contributed by atoms with van der Waals surface area (Å²) >= 11 is 13.3. The SMILES string of the molecule is CCOc1ccc([C@H](C(=O)NC2CCCCC2)N(Cc2ccc(F)cc2)C(=O)c2nsc(Cl)c2Cl)cc1. The van der Waals surface area contributed by atoms with E-state index in [0.29, 0.717) is 23.5 Å². The minimum Gasteiger partial charge on any atom is -0.494 e. The Kier molecular flexibility index (Phi) is 9.40. The van der Waals surface area contributed by atoms with Crippen LogP contribution >= 0.6 is 34.7 Å². The van der Waals surface area contributed by atoms with Crippen LogP contribution in [0.15, 0.2) is 48.5 Å². The highest BCUT2D eigenvalue weighted by Gasteiger charge is 2.35. The number of hydrogen-bond donors (Lipinski definition) is 1. The molecule has 6 nitrogen and oxygen atoms in total. The van der Waals surface area contributed by atoms with E-state index < -0.39 is 17.8 Å². The highest BCUT2D eigenvalue weighted by atomic mass is 35.5. The first kappa shape index (κ1) is 27.4. The number of nitrogens with one attached hydrogen (secondary N) is 1. The molecule has 4 rings (SSSR count). The maximum Gasteiger partial charge on any atom is 0.276 e. The van der Waals surface area contributed by atoms with E-state index in [1.807, 2.05) is 6.92 Å². The fraction of sp³-hybridized carbons (Fsp3) is 0.370. The molecular weight excluding hydrogens is 536 g/mol. The lowest BCUT2D eigenvalue weighted by Gasteiger charge is -2.33. The summed E-state index contributed by atoms with van der Waals surface area (Å²) in [6, 6.07) is 11.9. The largest absolute Gasteiger partial charge is 0.494 e. The molecule has 1 atom stereocenters. The zero-order chi connectivity index (χ0) is 26.4. The van der Waals surface area contributed by atoms with E-state index in [0.717, 1.165) is 43.6 Å². The van der Waals surface area contributed by atoms with Crippen LogP contribution in [0.25, 0.3) is 0 Å². The molecule has 1 aromatic heterocycles. The summed E-state index contributed by atoms with van der Waals surface area (Å²) in [5.41, 5.74) is 1.22. The van der Waals surface area contributed by atoms with E-state index in [-0.39, 0.29) is 33.5 Å². The second kappa shape index (κ2) is 12.7. The standard InChI is InChI=1S/C27H28Cl2FN3O3S/c1-2-36-21-14-10-18(11-15-21)24(26(34)31-20-6-4-3-5-7-20)33(16-17-8-12-19(30)13-9-17)27(35)23-22(28)25(29)37-32-23/h8-15,20,24H,2-7,16H2,1H3,(H,31,34)/t24-/m1/s1. The van der Waals surface area contributed by atoms with Crippen molar-refractivity contribution in [1.29, 1.82) is 0 Å². The van der Waals surface area contributed by atoms with Crippen LogP contribution in [0.3, 0.4) is 0 Å². The Labute approximate surface area is 229 Å². The van der Waals surface area contributed by atoms with Gasteiger partial charge in [-0.3, -0.25) is 9.59 Å². The number of benzene rings is 2. The van der Waals surface area contributed by atoms with Gasteiger partial charge in [0.15, 0.2) is 5.69 Å². The molecule has 0 radical (unpaired) electrons. The van der Waals surface area contributed by atoms with Gasteiger partial charge in [-0.1, -0.05) is 66.7 Å². The monoisotopic (exact) mass is 563 g/mol. The highest BCUT2D eigenvalue weighted by molar-refractivity contribution is 7.11.